The molecular formula is C19H26N2. The molecule has 1 aromatic carbocycles. The lowest BCUT2D eigenvalue weighted by atomic mass is 9.97. The molecule has 0 saturated carbocycles. The highest BCUT2D eigenvalue weighted by Gasteiger charge is 2.13. The Morgan fingerprint density at radius 1 is 0.952 bits per heavy atom. The average Bonchev–Trinajstić information content (AvgIpc) is 2.51. The third-order valence-corrected chi connectivity index (χ3v) is 3.72. The SMILES string of the molecule is CCCNC(c1ccc(CCC)cc1)c1ccc(C)nc1. The Morgan fingerprint density at radius 3 is 2.24 bits per heavy atom. The molecule has 0 aliphatic carbocycles. The second kappa shape index (κ2) is 7.94. The molecule has 0 bridgehead atoms. The second-order valence-electron chi connectivity index (χ2n) is 5.61. The zero-order valence-electron chi connectivity index (χ0n) is 13.4. The molecule has 0 aliphatic rings. The van der Waals surface area contributed by atoms with Crippen LogP contribution in [0.25, 0.3) is 0 Å². The number of pyridine rings is 1. The van der Waals surface area contributed by atoms with Crippen LogP contribution in [0.5, 0.6) is 0 Å². The molecular weight excluding hydrogens is 256 g/mol. The minimum absolute atomic E-state index is 0.230. The van der Waals surface area contributed by atoms with Crippen LogP contribution >= 0.6 is 0 Å². The zero-order valence-corrected chi connectivity index (χ0v) is 13.4. The van der Waals surface area contributed by atoms with Crippen molar-refractivity contribution in [2.75, 3.05) is 6.54 Å². The molecule has 0 saturated heterocycles. The van der Waals surface area contributed by atoms with Crippen LogP contribution in [0.4, 0.5) is 0 Å². The first-order chi connectivity index (χ1) is 10.2. The Hall–Kier alpha value is -1.67. The summed E-state index contributed by atoms with van der Waals surface area (Å²) in [4.78, 5) is 4.44. The van der Waals surface area contributed by atoms with E-state index in [-0.39, 0.29) is 6.04 Å². The monoisotopic (exact) mass is 282 g/mol. The summed E-state index contributed by atoms with van der Waals surface area (Å²) in [5.41, 5.74) is 5.02. The summed E-state index contributed by atoms with van der Waals surface area (Å²) in [6.07, 6.45) is 5.46. The van der Waals surface area contributed by atoms with Gasteiger partial charge in [-0.25, -0.2) is 0 Å². The van der Waals surface area contributed by atoms with Gasteiger partial charge in [0.25, 0.3) is 0 Å². The van der Waals surface area contributed by atoms with Crippen LogP contribution in [0, 0.1) is 6.92 Å². The molecule has 0 radical (unpaired) electrons. The van der Waals surface area contributed by atoms with E-state index in [9.17, 15) is 0 Å². The maximum absolute atomic E-state index is 4.44. The largest absolute Gasteiger partial charge is 0.306 e. The molecule has 1 aromatic heterocycles. The van der Waals surface area contributed by atoms with Crippen molar-refractivity contribution in [2.45, 2.75) is 46.1 Å². The van der Waals surface area contributed by atoms with Crippen molar-refractivity contribution in [3.63, 3.8) is 0 Å². The van der Waals surface area contributed by atoms with Crippen molar-refractivity contribution < 1.29 is 0 Å². The Labute approximate surface area is 128 Å². The minimum atomic E-state index is 0.230. The molecule has 0 amide bonds. The lowest BCUT2D eigenvalue weighted by Crippen LogP contribution is -2.23. The first-order valence-electron chi connectivity index (χ1n) is 7.99. The minimum Gasteiger partial charge on any atom is -0.306 e. The molecule has 0 aliphatic heterocycles. The van der Waals surface area contributed by atoms with Crippen LogP contribution in [-0.4, -0.2) is 11.5 Å². The Bertz CT molecular complexity index is 528. The summed E-state index contributed by atoms with van der Waals surface area (Å²) >= 11 is 0. The van der Waals surface area contributed by atoms with E-state index in [2.05, 4.69) is 60.5 Å². The number of rotatable bonds is 7. The number of hydrogen-bond donors (Lipinski definition) is 1. The summed E-state index contributed by atoms with van der Waals surface area (Å²) < 4.78 is 0. The second-order valence-corrected chi connectivity index (χ2v) is 5.61. The highest BCUT2D eigenvalue weighted by atomic mass is 14.9. The van der Waals surface area contributed by atoms with E-state index in [0.717, 1.165) is 25.1 Å². The number of nitrogens with one attached hydrogen (secondary N) is 1. The zero-order chi connectivity index (χ0) is 15.1. The van der Waals surface area contributed by atoms with E-state index in [1.165, 1.54) is 23.1 Å². The van der Waals surface area contributed by atoms with Gasteiger partial charge in [-0.1, -0.05) is 50.6 Å². The number of aromatic nitrogens is 1. The predicted octanol–water partition coefficient (Wildman–Crippen LogP) is 4.43. The lowest BCUT2D eigenvalue weighted by Gasteiger charge is -2.20. The Kier molecular flexibility index (Phi) is 5.94. The molecule has 0 fully saturated rings. The molecule has 1 N–H and O–H groups in total. The molecule has 1 heterocycles. The first-order valence-corrected chi connectivity index (χ1v) is 7.99. The smallest absolute Gasteiger partial charge is 0.0591 e. The van der Waals surface area contributed by atoms with Crippen LogP contribution in [0.2, 0.25) is 0 Å². The van der Waals surface area contributed by atoms with Gasteiger partial charge in [-0.15, -0.1) is 0 Å². The molecule has 21 heavy (non-hydrogen) atoms. The topological polar surface area (TPSA) is 24.9 Å². The molecule has 2 nitrogen and oxygen atoms in total. The summed E-state index contributed by atoms with van der Waals surface area (Å²) in [5.74, 6) is 0. The molecule has 2 rings (SSSR count). The van der Waals surface area contributed by atoms with Crippen LogP contribution in [0.3, 0.4) is 0 Å². The van der Waals surface area contributed by atoms with Crippen molar-refractivity contribution in [3.8, 4) is 0 Å². The summed E-state index contributed by atoms with van der Waals surface area (Å²) in [5, 5.41) is 3.63. The van der Waals surface area contributed by atoms with Crippen molar-refractivity contribution >= 4 is 0 Å². The predicted molar refractivity (Wildman–Crippen MR) is 89.5 cm³/mol. The fourth-order valence-electron chi connectivity index (χ4n) is 2.53. The van der Waals surface area contributed by atoms with Crippen LogP contribution in [-0.2, 0) is 6.42 Å². The van der Waals surface area contributed by atoms with Gasteiger partial charge < -0.3 is 5.32 Å². The number of nitrogens with zero attached hydrogens (tertiary/aromatic N) is 1. The van der Waals surface area contributed by atoms with Crippen LogP contribution in [0.15, 0.2) is 42.6 Å². The third-order valence-electron chi connectivity index (χ3n) is 3.72. The first kappa shape index (κ1) is 15.7. The fourth-order valence-corrected chi connectivity index (χ4v) is 2.53. The van der Waals surface area contributed by atoms with Crippen LogP contribution in [0.1, 0.15) is 55.1 Å². The molecule has 0 spiro atoms. The average molecular weight is 282 g/mol. The van der Waals surface area contributed by atoms with Gasteiger partial charge in [0.05, 0.1) is 6.04 Å². The van der Waals surface area contributed by atoms with Gasteiger partial charge in [0, 0.05) is 11.9 Å². The standard InChI is InChI=1S/C19H26N2/c1-4-6-16-8-11-17(12-9-16)19(20-13-5-2)18-10-7-15(3)21-14-18/h7-12,14,19-20H,4-6,13H2,1-3H3. The van der Waals surface area contributed by atoms with Gasteiger partial charge in [-0.3, -0.25) is 4.98 Å². The van der Waals surface area contributed by atoms with Gasteiger partial charge >= 0.3 is 0 Å². The number of hydrogen-bond acceptors (Lipinski definition) is 2. The Balaban J connectivity index is 2.24. The van der Waals surface area contributed by atoms with Gasteiger partial charge in [0.15, 0.2) is 0 Å². The lowest BCUT2D eigenvalue weighted by molar-refractivity contribution is 0.596. The van der Waals surface area contributed by atoms with E-state index in [4.69, 9.17) is 0 Å². The van der Waals surface area contributed by atoms with E-state index in [0.29, 0.717) is 0 Å². The van der Waals surface area contributed by atoms with Gasteiger partial charge in [0.1, 0.15) is 0 Å². The van der Waals surface area contributed by atoms with Crippen molar-refractivity contribution in [1.29, 1.82) is 0 Å². The summed E-state index contributed by atoms with van der Waals surface area (Å²) in [6.45, 7) is 7.45. The van der Waals surface area contributed by atoms with Crippen molar-refractivity contribution in [3.05, 3.63) is 65.0 Å². The van der Waals surface area contributed by atoms with E-state index < -0.39 is 0 Å². The normalized spacial score (nSPS) is 12.3. The number of aryl methyl sites for hydroxylation is 2. The fraction of sp³-hybridized carbons (Fsp3) is 0.421. The van der Waals surface area contributed by atoms with Gasteiger partial charge in [-0.05, 0) is 49.1 Å². The highest BCUT2D eigenvalue weighted by Crippen LogP contribution is 2.22. The maximum atomic E-state index is 4.44. The third kappa shape index (κ3) is 4.40. The quantitative estimate of drug-likeness (QED) is 0.812. The maximum Gasteiger partial charge on any atom is 0.0591 e. The van der Waals surface area contributed by atoms with E-state index in [1.807, 2.05) is 13.1 Å². The highest BCUT2D eigenvalue weighted by molar-refractivity contribution is 5.33. The Morgan fingerprint density at radius 2 is 1.67 bits per heavy atom. The van der Waals surface area contributed by atoms with E-state index >= 15 is 0 Å². The van der Waals surface area contributed by atoms with Gasteiger partial charge in [-0.2, -0.15) is 0 Å². The number of benzene rings is 1. The van der Waals surface area contributed by atoms with Crippen LogP contribution < -0.4 is 5.32 Å². The van der Waals surface area contributed by atoms with E-state index in [1.54, 1.807) is 0 Å². The molecule has 2 heteroatoms. The van der Waals surface area contributed by atoms with Gasteiger partial charge in [0.2, 0.25) is 0 Å². The molecule has 1 unspecified atom stereocenters. The van der Waals surface area contributed by atoms with Crippen molar-refractivity contribution in [1.82, 2.24) is 10.3 Å². The van der Waals surface area contributed by atoms with Crippen molar-refractivity contribution in [2.24, 2.45) is 0 Å². The summed E-state index contributed by atoms with van der Waals surface area (Å²) in [6, 6.07) is 13.5. The molecule has 1 atom stereocenters. The summed E-state index contributed by atoms with van der Waals surface area (Å²) in [7, 11) is 0. The molecule has 2 aromatic rings. The molecule has 112 valence electrons.